The third-order valence-electron chi connectivity index (χ3n) is 2.96. The lowest BCUT2D eigenvalue weighted by Crippen LogP contribution is -2.40. The molecule has 1 N–H and O–H groups in total. The number of methoxy groups -OCH3 is 2. The first-order valence-corrected chi connectivity index (χ1v) is 6.81. The van der Waals surface area contributed by atoms with Crippen molar-refractivity contribution in [3.63, 3.8) is 0 Å². The average molecular weight is 335 g/mol. The number of aliphatic carboxylic acids is 1. The summed E-state index contributed by atoms with van der Waals surface area (Å²) in [4.78, 5) is 46.7. The van der Waals surface area contributed by atoms with Crippen LogP contribution in [0.1, 0.15) is 15.9 Å². The molecule has 0 saturated carbocycles. The summed E-state index contributed by atoms with van der Waals surface area (Å²) in [7, 11) is 2.35. The second-order valence-electron chi connectivity index (χ2n) is 4.61. The van der Waals surface area contributed by atoms with Crippen LogP contribution in [0, 0.1) is 0 Å². The maximum Gasteiger partial charge on any atom is 0.328 e. The van der Waals surface area contributed by atoms with E-state index in [4.69, 9.17) is 5.11 Å². The maximum absolute atomic E-state index is 12.4. The number of rotatable bonds is 7. The molecular weight excluding hydrogens is 318 g/mol. The lowest BCUT2D eigenvalue weighted by Gasteiger charge is -2.20. The third kappa shape index (κ3) is 5.91. The van der Waals surface area contributed by atoms with Crippen LogP contribution >= 0.6 is 0 Å². The van der Waals surface area contributed by atoms with Crippen molar-refractivity contribution in [3.05, 3.63) is 41.5 Å². The summed E-state index contributed by atoms with van der Waals surface area (Å²) in [6.45, 7) is -0.795. The van der Waals surface area contributed by atoms with Crippen molar-refractivity contribution >= 4 is 29.9 Å². The molecule has 0 aliphatic heterocycles. The van der Waals surface area contributed by atoms with E-state index in [1.54, 1.807) is 12.1 Å². The lowest BCUT2D eigenvalue weighted by molar-refractivity contribution is -0.144. The van der Waals surface area contributed by atoms with Crippen LogP contribution in [0.3, 0.4) is 0 Å². The number of carbonyl (C=O) groups is 4. The fourth-order valence-corrected chi connectivity index (χ4v) is 1.73. The summed E-state index contributed by atoms with van der Waals surface area (Å²) in [5.41, 5.74) is 0.816. The summed E-state index contributed by atoms with van der Waals surface area (Å²) in [5.74, 6) is -2.99. The largest absolute Gasteiger partial charge is 0.478 e. The van der Waals surface area contributed by atoms with Crippen LogP contribution in [0.5, 0.6) is 0 Å². The normalized spacial score (nSPS) is 10.2. The molecule has 0 radical (unpaired) electrons. The Balaban J connectivity index is 2.93. The van der Waals surface area contributed by atoms with Crippen molar-refractivity contribution in [2.24, 2.45) is 0 Å². The van der Waals surface area contributed by atoms with Crippen LogP contribution in [0.4, 0.5) is 0 Å². The molecule has 1 rings (SSSR count). The van der Waals surface area contributed by atoms with E-state index in [0.717, 1.165) is 11.0 Å². The molecule has 1 amide bonds. The smallest absolute Gasteiger partial charge is 0.328 e. The molecule has 1 aromatic carbocycles. The van der Waals surface area contributed by atoms with Gasteiger partial charge in [0, 0.05) is 11.6 Å². The van der Waals surface area contributed by atoms with Gasteiger partial charge in [0.2, 0.25) is 0 Å². The van der Waals surface area contributed by atoms with E-state index in [1.165, 1.54) is 32.4 Å². The molecule has 24 heavy (non-hydrogen) atoms. The minimum absolute atomic E-state index is 0.232. The molecule has 0 fully saturated rings. The van der Waals surface area contributed by atoms with Gasteiger partial charge < -0.3 is 19.5 Å². The van der Waals surface area contributed by atoms with Gasteiger partial charge >= 0.3 is 17.9 Å². The van der Waals surface area contributed by atoms with Gasteiger partial charge in [-0.15, -0.1) is 0 Å². The van der Waals surface area contributed by atoms with Crippen LogP contribution in [0.2, 0.25) is 0 Å². The number of benzene rings is 1. The van der Waals surface area contributed by atoms with Gasteiger partial charge in [-0.3, -0.25) is 14.4 Å². The lowest BCUT2D eigenvalue weighted by atomic mass is 10.1. The summed E-state index contributed by atoms with van der Waals surface area (Å²) in [6, 6.07) is 6.01. The van der Waals surface area contributed by atoms with E-state index >= 15 is 0 Å². The Morgan fingerprint density at radius 1 is 1.00 bits per heavy atom. The molecule has 128 valence electrons. The number of hydrogen-bond acceptors (Lipinski definition) is 6. The Morgan fingerprint density at radius 2 is 1.50 bits per heavy atom. The Kier molecular flexibility index (Phi) is 7.15. The zero-order valence-electron chi connectivity index (χ0n) is 13.2. The van der Waals surface area contributed by atoms with Gasteiger partial charge in [0.1, 0.15) is 13.1 Å². The van der Waals surface area contributed by atoms with Crippen molar-refractivity contribution in [1.29, 1.82) is 0 Å². The highest BCUT2D eigenvalue weighted by molar-refractivity contribution is 5.98. The number of carbonyl (C=O) groups excluding carboxylic acids is 3. The van der Waals surface area contributed by atoms with Crippen LogP contribution in [0.25, 0.3) is 6.08 Å². The van der Waals surface area contributed by atoms with Crippen LogP contribution < -0.4 is 0 Å². The topological polar surface area (TPSA) is 110 Å². The molecular formula is C16H17NO7. The highest BCUT2D eigenvalue weighted by Crippen LogP contribution is 2.10. The first-order chi connectivity index (χ1) is 11.4. The number of ether oxygens (including phenoxy) is 2. The van der Waals surface area contributed by atoms with Crippen molar-refractivity contribution in [3.8, 4) is 0 Å². The molecule has 8 nitrogen and oxygen atoms in total. The molecule has 8 heteroatoms. The quantitative estimate of drug-likeness (QED) is 0.573. The van der Waals surface area contributed by atoms with E-state index in [-0.39, 0.29) is 5.56 Å². The van der Waals surface area contributed by atoms with E-state index < -0.39 is 36.9 Å². The van der Waals surface area contributed by atoms with E-state index in [1.807, 2.05) is 0 Å². The molecule has 0 bridgehead atoms. The van der Waals surface area contributed by atoms with Gasteiger partial charge in [0.05, 0.1) is 14.2 Å². The first-order valence-electron chi connectivity index (χ1n) is 6.81. The minimum Gasteiger partial charge on any atom is -0.478 e. The highest BCUT2D eigenvalue weighted by atomic mass is 16.5. The molecule has 0 aromatic heterocycles. The Morgan fingerprint density at radius 3 is 1.92 bits per heavy atom. The van der Waals surface area contributed by atoms with Gasteiger partial charge in [-0.05, 0) is 23.8 Å². The highest BCUT2D eigenvalue weighted by Gasteiger charge is 2.22. The number of carboxylic acids is 1. The first kappa shape index (κ1) is 18.9. The predicted molar refractivity (Wildman–Crippen MR) is 83.0 cm³/mol. The summed E-state index contributed by atoms with van der Waals surface area (Å²) < 4.78 is 9.01. The molecule has 1 aromatic rings. The number of nitrogens with zero attached hydrogens (tertiary/aromatic N) is 1. The molecule has 0 saturated heterocycles. The minimum atomic E-state index is -1.09. The van der Waals surface area contributed by atoms with Crippen LogP contribution in [-0.4, -0.2) is 61.1 Å². The number of carboxylic acid groups (broad SMARTS) is 1. The van der Waals surface area contributed by atoms with Gasteiger partial charge in [0.25, 0.3) is 5.91 Å². The Hall–Kier alpha value is -3.16. The molecule has 0 spiro atoms. The fraction of sp³-hybridized carbons (Fsp3) is 0.250. The van der Waals surface area contributed by atoms with E-state index in [9.17, 15) is 19.2 Å². The zero-order chi connectivity index (χ0) is 18.1. The molecule has 0 aliphatic carbocycles. The van der Waals surface area contributed by atoms with Gasteiger partial charge in [0.15, 0.2) is 0 Å². The molecule has 0 aliphatic rings. The third-order valence-corrected chi connectivity index (χ3v) is 2.96. The average Bonchev–Trinajstić information content (AvgIpc) is 2.58. The number of hydrogen-bond donors (Lipinski definition) is 1. The Bertz CT molecular complexity index is 631. The van der Waals surface area contributed by atoms with Crippen molar-refractivity contribution in [1.82, 2.24) is 4.90 Å². The van der Waals surface area contributed by atoms with Crippen molar-refractivity contribution < 1.29 is 33.8 Å². The molecule has 0 atom stereocenters. The van der Waals surface area contributed by atoms with Crippen LogP contribution in [-0.2, 0) is 23.9 Å². The summed E-state index contributed by atoms with van der Waals surface area (Å²) in [6.07, 6.45) is 2.34. The van der Waals surface area contributed by atoms with E-state index in [2.05, 4.69) is 9.47 Å². The Labute approximate surface area is 138 Å². The van der Waals surface area contributed by atoms with Crippen molar-refractivity contribution in [2.45, 2.75) is 0 Å². The second kappa shape index (κ2) is 9.09. The van der Waals surface area contributed by atoms with E-state index in [0.29, 0.717) is 5.56 Å². The summed E-state index contributed by atoms with van der Waals surface area (Å²) >= 11 is 0. The fourth-order valence-electron chi connectivity index (χ4n) is 1.73. The number of esters is 2. The molecule has 0 heterocycles. The number of amides is 1. The van der Waals surface area contributed by atoms with Gasteiger partial charge in [-0.25, -0.2) is 4.79 Å². The van der Waals surface area contributed by atoms with Crippen LogP contribution in [0.15, 0.2) is 30.3 Å². The second-order valence-corrected chi connectivity index (χ2v) is 4.61. The zero-order valence-corrected chi connectivity index (χ0v) is 13.2. The SMILES string of the molecule is COC(=O)CN(CC(=O)OC)C(=O)c1ccc(/C=C/C(=O)O)cc1. The van der Waals surface area contributed by atoms with Gasteiger partial charge in [-0.1, -0.05) is 12.1 Å². The maximum atomic E-state index is 12.4. The monoisotopic (exact) mass is 335 g/mol. The predicted octanol–water partition coefficient (Wildman–Crippen LogP) is 0.573. The van der Waals surface area contributed by atoms with Gasteiger partial charge in [-0.2, -0.15) is 0 Å². The standard InChI is InChI=1S/C16H17NO7/c1-23-14(20)9-17(10-15(21)24-2)16(22)12-6-3-11(4-7-12)5-8-13(18)19/h3-8H,9-10H2,1-2H3,(H,18,19)/b8-5+. The molecule has 0 unspecified atom stereocenters. The van der Waals surface area contributed by atoms with Crippen molar-refractivity contribution in [2.75, 3.05) is 27.3 Å². The summed E-state index contributed by atoms with van der Waals surface area (Å²) in [5, 5.41) is 8.57.